The van der Waals surface area contributed by atoms with E-state index in [4.69, 9.17) is 0 Å². The summed E-state index contributed by atoms with van der Waals surface area (Å²) in [5, 5.41) is 3.16. The minimum atomic E-state index is -0.140. The zero-order chi connectivity index (χ0) is 12.8. The third kappa shape index (κ3) is 2.21. The van der Waals surface area contributed by atoms with Gasteiger partial charge in [0.2, 0.25) is 0 Å². The third-order valence-corrected chi connectivity index (χ3v) is 3.45. The van der Waals surface area contributed by atoms with Crippen molar-refractivity contribution < 1.29 is 4.39 Å². The van der Waals surface area contributed by atoms with Gasteiger partial charge in [-0.15, -0.1) is 0 Å². The summed E-state index contributed by atoms with van der Waals surface area (Å²) in [6.45, 7) is 10.4. The minimum absolute atomic E-state index is 0.0139. The van der Waals surface area contributed by atoms with Crippen molar-refractivity contribution in [2.75, 3.05) is 5.32 Å². The summed E-state index contributed by atoms with van der Waals surface area (Å²) in [4.78, 5) is 0. The smallest absolute Gasteiger partial charge is 0.147 e. The minimum Gasteiger partial charge on any atom is -0.357 e. The van der Waals surface area contributed by atoms with E-state index >= 15 is 0 Å². The molecule has 0 unspecified atom stereocenters. The van der Waals surface area contributed by atoms with Crippen LogP contribution in [0, 0.1) is 5.82 Å². The molecule has 1 aromatic rings. The van der Waals surface area contributed by atoms with E-state index in [-0.39, 0.29) is 11.2 Å². The molecule has 1 aliphatic rings. The van der Waals surface area contributed by atoms with E-state index in [1.807, 2.05) is 6.92 Å². The second kappa shape index (κ2) is 3.86. The molecular weight excluding hydrogens is 213 g/mol. The van der Waals surface area contributed by atoms with Gasteiger partial charge < -0.3 is 5.32 Å². The van der Waals surface area contributed by atoms with Crippen LogP contribution in [-0.2, 0) is 11.8 Å². The maximum Gasteiger partial charge on any atom is 0.147 e. The van der Waals surface area contributed by atoms with Crippen molar-refractivity contribution in [2.45, 2.75) is 46.5 Å². The molecule has 1 N–H and O–H groups in total. The molecule has 0 saturated heterocycles. The lowest BCUT2D eigenvalue weighted by atomic mass is 9.84. The Hall–Kier alpha value is -1.31. The molecule has 2 rings (SSSR count). The Kier molecular flexibility index (Phi) is 2.76. The summed E-state index contributed by atoms with van der Waals surface area (Å²) < 4.78 is 14.1. The van der Waals surface area contributed by atoms with Crippen molar-refractivity contribution in [1.29, 1.82) is 0 Å². The van der Waals surface area contributed by atoms with Gasteiger partial charge in [0.05, 0.1) is 5.69 Å². The predicted octanol–water partition coefficient (Wildman–Crippen LogP) is 4.39. The van der Waals surface area contributed by atoms with E-state index < -0.39 is 0 Å². The highest BCUT2D eigenvalue weighted by molar-refractivity contribution is 5.62. The molecule has 1 nitrogen and oxygen atoms in total. The quantitative estimate of drug-likeness (QED) is 0.701. The van der Waals surface area contributed by atoms with Gasteiger partial charge in [0.15, 0.2) is 0 Å². The molecule has 0 saturated carbocycles. The van der Waals surface area contributed by atoms with Crippen molar-refractivity contribution >= 4 is 5.69 Å². The van der Waals surface area contributed by atoms with Gasteiger partial charge in [0, 0.05) is 5.70 Å². The molecule has 0 atom stereocenters. The SMILES string of the molecule is CC1=C(C)Nc2c(F)cc(C(C)(C)C)cc2C1. The molecule has 0 amide bonds. The lowest BCUT2D eigenvalue weighted by Gasteiger charge is -2.26. The number of fused-ring (bicyclic) bond motifs is 1. The van der Waals surface area contributed by atoms with Gasteiger partial charge >= 0.3 is 0 Å². The van der Waals surface area contributed by atoms with E-state index in [0.717, 1.165) is 23.2 Å². The van der Waals surface area contributed by atoms with Crippen molar-refractivity contribution in [3.63, 3.8) is 0 Å². The molecule has 0 aliphatic carbocycles. The molecule has 0 aromatic heterocycles. The molecule has 2 heteroatoms. The van der Waals surface area contributed by atoms with Crippen LogP contribution < -0.4 is 5.32 Å². The van der Waals surface area contributed by atoms with Crippen LogP contribution in [0.15, 0.2) is 23.4 Å². The van der Waals surface area contributed by atoms with E-state index in [1.165, 1.54) is 5.57 Å². The zero-order valence-electron chi connectivity index (χ0n) is 11.2. The molecule has 0 radical (unpaired) electrons. The normalized spacial score (nSPS) is 15.6. The van der Waals surface area contributed by atoms with Crippen LogP contribution in [0.2, 0.25) is 0 Å². The number of hydrogen-bond acceptors (Lipinski definition) is 1. The number of nitrogens with one attached hydrogen (secondary N) is 1. The lowest BCUT2D eigenvalue weighted by molar-refractivity contribution is 0.571. The van der Waals surface area contributed by atoms with E-state index in [1.54, 1.807) is 6.07 Å². The number of rotatable bonds is 0. The number of anilines is 1. The topological polar surface area (TPSA) is 12.0 Å². The van der Waals surface area contributed by atoms with Crippen LogP contribution in [-0.4, -0.2) is 0 Å². The Labute approximate surface area is 103 Å². The average molecular weight is 233 g/mol. The Morgan fingerprint density at radius 3 is 2.41 bits per heavy atom. The summed E-state index contributed by atoms with van der Waals surface area (Å²) >= 11 is 0. The summed E-state index contributed by atoms with van der Waals surface area (Å²) in [7, 11) is 0. The molecule has 0 spiro atoms. The molecule has 1 heterocycles. The van der Waals surface area contributed by atoms with Gasteiger partial charge in [0.1, 0.15) is 5.82 Å². The zero-order valence-corrected chi connectivity index (χ0v) is 11.2. The highest BCUT2D eigenvalue weighted by atomic mass is 19.1. The number of benzene rings is 1. The van der Waals surface area contributed by atoms with Gasteiger partial charge in [-0.1, -0.05) is 26.8 Å². The second-order valence-electron chi connectivity index (χ2n) is 5.95. The molecule has 0 fully saturated rings. The van der Waals surface area contributed by atoms with Crippen LogP contribution in [0.25, 0.3) is 0 Å². The fraction of sp³-hybridized carbons (Fsp3) is 0.467. The number of allylic oxidation sites excluding steroid dienone is 2. The molecule has 0 bridgehead atoms. The summed E-state index contributed by atoms with van der Waals surface area (Å²) in [5.41, 5.74) is 5.12. The molecule has 1 aliphatic heterocycles. The highest BCUT2D eigenvalue weighted by Crippen LogP contribution is 2.34. The van der Waals surface area contributed by atoms with Gasteiger partial charge in [0.25, 0.3) is 0 Å². The van der Waals surface area contributed by atoms with E-state index in [2.05, 4.69) is 39.1 Å². The maximum atomic E-state index is 14.1. The van der Waals surface area contributed by atoms with Crippen LogP contribution in [0.5, 0.6) is 0 Å². The van der Waals surface area contributed by atoms with Crippen LogP contribution in [0.1, 0.15) is 45.7 Å². The summed E-state index contributed by atoms with van der Waals surface area (Å²) in [6.07, 6.45) is 0.842. The maximum absolute atomic E-state index is 14.1. The largest absolute Gasteiger partial charge is 0.357 e. The summed E-state index contributed by atoms with van der Waals surface area (Å²) in [6, 6.07) is 3.78. The highest BCUT2D eigenvalue weighted by Gasteiger charge is 2.21. The molecule has 92 valence electrons. The molecular formula is C15H20FN. The van der Waals surface area contributed by atoms with Crippen molar-refractivity contribution in [3.8, 4) is 0 Å². The Morgan fingerprint density at radius 2 is 1.82 bits per heavy atom. The Bertz CT molecular complexity index is 492. The van der Waals surface area contributed by atoms with Crippen LogP contribution >= 0.6 is 0 Å². The van der Waals surface area contributed by atoms with Crippen LogP contribution in [0.4, 0.5) is 10.1 Å². The van der Waals surface area contributed by atoms with Crippen molar-refractivity contribution in [1.82, 2.24) is 0 Å². The molecule has 1 aromatic carbocycles. The Balaban J connectivity index is 2.52. The second-order valence-corrected chi connectivity index (χ2v) is 5.95. The van der Waals surface area contributed by atoms with Crippen molar-refractivity contribution in [3.05, 3.63) is 40.3 Å². The molecule has 17 heavy (non-hydrogen) atoms. The summed E-state index contributed by atoms with van der Waals surface area (Å²) in [5.74, 6) is -0.140. The monoisotopic (exact) mass is 233 g/mol. The van der Waals surface area contributed by atoms with E-state index in [0.29, 0.717) is 5.69 Å². The number of halogens is 1. The average Bonchev–Trinajstić information content (AvgIpc) is 2.19. The third-order valence-electron chi connectivity index (χ3n) is 3.45. The Morgan fingerprint density at radius 1 is 1.18 bits per heavy atom. The van der Waals surface area contributed by atoms with E-state index in [9.17, 15) is 4.39 Å². The first-order chi connectivity index (χ1) is 7.79. The first kappa shape index (κ1) is 12.2. The first-order valence-electron chi connectivity index (χ1n) is 6.05. The number of hydrogen-bond donors (Lipinski definition) is 1. The van der Waals surface area contributed by atoms with Gasteiger partial charge in [-0.05, 0) is 48.4 Å². The van der Waals surface area contributed by atoms with Crippen molar-refractivity contribution in [2.24, 2.45) is 0 Å². The fourth-order valence-corrected chi connectivity index (χ4v) is 2.09. The fourth-order valence-electron chi connectivity index (χ4n) is 2.09. The standard InChI is InChI=1S/C15H20FN/c1-9-6-11-7-12(15(3,4)5)8-13(16)14(11)17-10(9)2/h7-8,17H,6H2,1-5H3. The predicted molar refractivity (Wildman–Crippen MR) is 70.8 cm³/mol. The van der Waals surface area contributed by atoms with Gasteiger partial charge in [-0.2, -0.15) is 0 Å². The van der Waals surface area contributed by atoms with Gasteiger partial charge in [-0.25, -0.2) is 4.39 Å². The first-order valence-corrected chi connectivity index (χ1v) is 6.05. The lowest BCUT2D eigenvalue weighted by Crippen LogP contribution is -2.16. The van der Waals surface area contributed by atoms with Gasteiger partial charge in [-0.3, -0.25) is 0 Å². The van der Waals surface area contributed by atoms with Crippen LogP contribution in [0.3, 0.4) is 0 Å².